The quantitative estimate of drug-likeness (QED) is 0.166. The van der Waals surface area contributed by atoms with Crippen LogP contribution in [0.2, 0.25) is 0 Å². The number of para-hydroxylation sites is 3. The minimum atomic E-state index is 1.13. The van der Waals surface area contributed by atoms with Crippen LogP contribution < -0.4 is 9.80 Å². The van der Waals surface area contributed by atoms with Crippen LogP contribution in [0.3, 0.4) is 0 Å². The highest BCUT2D eigenvalue weighted by Crippen LogP contribution is 2.45. The molecule has 46 heavy (non-hydrogen) atoms. The normalized spacial score (nSPS) is 11.0. The monoisotopic (exact) mass is 626 g/mol. The van der Waals surface area contributed by atoms with Crippen molar-refractivity contribution >= 4 is 66.9 Å². The summed E-state index contributed by atoms with van der Waals surface area (Å²) in [5.74, 6) is 0. The zero-order valence-electron chi connectivity index (χ0n) is 25.0. The van der Waals surface area contributed by atoms with E-state index in [1.807, 2.05) is 22.7 Å². The lowest BCUT2D eigenvalue weighted by molar-refractivity contribution is 1.28. The molecule has 0 aliphatic rings. The number of anilines is 6. The van der Waals surface area contributed by atoms with Gasteiger partial charge in [-0.05, 0) is 101 Å². The molecule has 0 fully saturated rings. The molecule has 0 aliphatic heterocycles. The zero-order valence-corrected chi connectivity index (χ0v) is 26.7. The topological polar surface area (TPSA) is 6.48 Å². The van der Waals surface area contributed by atoms with Crippen molar-refractivity contribution in [3.63, 3.8) is 0 Å². The average Bonchev–Trinajstić information content (AvgIpc) is 3.81. The fraction of sp³-hybridized carbons (Fsp3) is 0. The summed E-state index contributed by atoms with van der Waals surface area (Å²) in [5, 5.41) is 3.68. The van der Waals surface area contributed by atoms with E-state index in [0.717, 1.165) is 28.4 Å². The maximum Gasteiger partial charge on any atom is 0.101 e. The van der Waals surface area contributed by atoms with Crippen LogP contribution in [0.25, 0.3) is 31.0 Å². The molecule has 2 nitrogen and oxygen atoms in total. The largest absolute Gasteiger partial charge is 0.311 e. The van der Waals surface area contributed by atoms with Gasteiger partial charge in [0.2, 0.25) is 0 Å². The highest BCUT2D eigenvalue weighted by molar-refractivity contribution is 7.25. The SMILES string of the molecule is c1ccc(N(c2ccccc2)c2ccc(-c3ccc(-c4ccc(N(c5ccccc5)c5ccc6ccccc6c5)s4)s3)cc2)cc1. The molecular formula is C42H30N2S2. The Labute approximate surface area is 277 Å². The van der Waals surface area contributed by atoms with E-state index >= 15 is 0 Å². The Balaban J connectivity index is 1.09. The fourth-order valence-electron chi connectivity index (χ4n) is 5.88. The second-order valence-electron chi connectivity index (χ2n) is 11.1. The van der Waals surface area contributed by atoms with Gasteiger partial charge < -0.3 is 9.80 Å². The van der Waals surface area contributed by atoms with Gasteiger partial charge in [0.05, 0.1) is 0 Å². The van der Waals surface area contributed by atoms with E-state index in [1.54, 1.807) is 0 Å². The second kappa shape index (κ2) is 12.5. The highest BCUT2D eigenvalue weighted by Gasteiger charge is 2.17. The molecule has 0 aliphatic carbocycles. The fourth-order valence-corrected chi connectivity index (χ4v) is 8.03. The first-order chi connectivity index (χ1) is 22.8. The summed E-state index contributed by atoms with van der Waals surface area (Å²) in [4.78, 5) is 8.46. The summed E-state index contributed by atoms with van der Waals surface area (Å²) in [7, 11) is 0. The third-order valence-electron chi connectivity index (χ3n) is 8.11. The van der Waals surface area contributed by atoms with Gasteiger partial charge in [0.15, 0.2) is 0 Å². The van der Waals surface area contributed by atoms with E-state index in [-0.39, 0.29) is 0 Å². The van der Waals surface area contributed by atoms with Gasteiger partial charge in [0.25, 0.3) is 0 Å². The van der Waals surface area contributed by atoms with Gasteiger partial charge in [-0.2, -0.15) is 0 Å². The molecule has 0 amide bonds. The van der Waals surface area contributed by atoms with Gasteiger partial charge in [0, 0.05) is 43.1 Å². The number of rotatable bonds is 8. The predicted molar refractivity (Wildman–Crippen MR) is 200 cm³/mol. The van der Waals surface area contributed by atoms with Crippen molar-refractivity contribution in [3.8, 4) is 20.2 Å². The Morgan fingerprint density at radius 1 is 0.304 bits per heavy atom. The Kier molecular flexibility index (Phi) is 7.65. The Morgan fingerprint density at radius 3 is 1.43 bits per heavy atom. The summed E-state index contributed by atoms with van der Waals surface area (Å²) in [6.45, 7) is 0. The number of thiophene rings is 2. The lowest BCUT2D eigenvalue weighted by Crippen LogP contribution is -2.09. The molecule has 0 spiro atoms. The van der Waals surface area contributed by atoms with Crippen molar-refractivity contribution < 1.29 is 0 Å². The Hall–Kier alpha value is -5.42. The molecule has 0 saturated heterocycles. The van der Waals surface area contributed by atoms with Crippen LogP contribution in [-0.2, 0) is 0 Å². The van der Waals surface area contributed by atoms with Crippen LogP contribution in [0.1, 0.15) is 0 Å². The molecule has 8 rings (SSSR count). The maximum atomic E-state index is 2.36. The molecule has 8 aromatic rings. The first kappa shape index (κ1) is 28.1. The lowest BCUT2D eigenvalue weighted by Gasteiger charge is -2.25. The van der Waals surface area contributed by atoms with Gasteiger partial charge in [-0.25, -0.2) is 0 Å². The van der Waals surface area contributed by atoms with Gasteiger partial charge >= 0.3 is 0 Å². The van der Waals surface area contributed by atoms with Crippen molar-refractivity contribution in [2.75, 3.05) is 9.80 Å². The van der Waals surface area contributed by atoms with Gasteiger partial charge in [-0.1, -0.05) is 97.1 Å². The molecule has 0 N–H and O–H groups in total. The molecule has 0 saturated carbocycles. The Morgan fingerprint density at radius 2 is 0.783 bits per heavy atom. The predicted octanol–water partition coefficient (Wildman–Crippen LogP) is 13.2. The molecule has 2 heterocycles. The van der Waals surface area contributed by atoms with Crippen LogP contribution in [0.5, 0.6) is 0 Å². The van der Waals surface area contributed by atoms with E-state index in [2.05, 4.69) is 192 Å². The minimum absolute atomic E-state index is 1.13. The maximum absolute atomic E-state index is 2.36. The van der Waals surface area contributed by atoms with E-state index < -0.39 is 0 Å². The lowest BCUT2D eigenvalue weighted by atomic mass is 10.1. The zero-order chi connectivity index (χ0) is 30.7. The van der Waals surface area contributed by atoms with Gasteiger partial charge in [-0.3, -0.25) is 0 Å². The summed E-state index contributed by atoms with van der Waals surface area (Å²) >= 11 is 3.67. The summed E-state index contributed by atoms with van der Waals surface area (Å²) in [6, 6.07) is 64.9. The van der Waals surface area contributed by atoms with Crippen molar-refractivity contribution in [2.45, 2.75) is 0 Å². The first-order valence-corrected chi connectivity index (χ1v) is 17.0. The molecule has 6 aromatic carbocycles. The van der Waals surface area contributed by atoms with Gasteiger partial charge in [0.1, 0.15) is 5.00 Å². The number of hydrogen-bond acceptors (Lipinski definition) is 4. The summed E-state index contributed by atoms with van der Waals surface area (Å²) < 4.78 is 0. The minimum Gasteiger partial charge on any atom is -0.311 e. The number of nitrogens with zero attached hydrogens (tertiary/aromatic N) is 2. The summed E-state index contributed by atoms with van der Waals surface area (Å²) in [5.41, 5.74) is 6.95. The molecule has 0 unspecified atom stereocenters. The number of fused-ring (bicyclic) bond motifs is 1. The van der Waals surface area contributed by atoms with Crippen LogP contribution in [-0.4, -0.2) is 0 Å². The van der Waals surface area contributed by atoms with Crippen molar-refractivity contribution in [1.82, 2.24) is 0 Å². The average molecular weight is 627 g/mol. The van der Waals surface area contributed by atoms with E-state index in [4.69, 9.17) is 0 Å². The number of benzene rings is 6. The van der Waals surface area contributed by atoms with Crippen molar-refractivity contribution in [1.29, 1.82) is 0 Å². The molecule has 220 valence electrons. The third kappa shape index (κ3) is 5.61. The molecule has 4 heteroatoms. The van der Waals surface area contributed by atoms with E-state index in [1.165, 1.54) is 36.0 Å². The van der Waals surface area contributed by atoms with Crippen molar-refractivity contribution in [2.24, 2.45) is 0 Å². The van der Waals surface area contributed by atoms with Gasteiger partial charge in [-0.15, -0.1) is 22.7 Å². The highest BCUT2D eigenvalue weighted by atomic mass is 32.1. The summed E-state index contributed by atoms with van der Waals surface area (Å²) in [6.07, 6.45) is 0. The number of hydrogen-bond donors (Lipinski definition) is 0. The second-order valence-corrected chi connectivity index (χ2v) is 13.2. The van der Waals surface area contributed by atoms with E-state index in [0.29, 0.717) is 0 Å². The molecule has 0 atom stereocenters. The molecule has 2 aromatic heterocycles. The first-order valence-electron chi connectivity index (χ1n) is 15.3. The van der Waals surface area contributed by atoms with Crippen LogP contribution in [0.4, 0.5) is 33.4 Å². The molecule has 0 bridgehead atoms. The van der Waals surface area contributed by atoms with Crippen molar-refractivity contribution in [3.05, 3.63) is 182 Å². The van der Waals surface area contributed by atoms with Crippen LogP contribution in [0, 0.1) is 0 Å². The van der Waals surface area contributed by atoms with Crippen LogP contribution in [0.15, 0.2) is 182 Å². The third-order valence-corrected chi connectivity index (χ3v) is 10.5. The smallest absolute Gasteiger partial charge is 0.101 e. The molecular weight excluding hydrogens is 597 g/mol. The molecule has 0 radical (unpaired) electrons. The standard InChI is InChI=1S/C42H30N2S2/c1-4-14-34(15-5-1)43(35-16-6-2-7-17-35)37-23-21-32(22-24-37)39-26-27-40(45-39)41-28-29-42(46-41)44(36-18-8-3-9-19-36)38-25-20-31-12-10-11-13-33(31)30-38/h1-30H. The van der Waals surface area contributed by atoms with Crippen LogP contribution >= 0.6 is 22.7 Å². The Bertz CT molecular complexity index is 2160. The van der Waals surface area contributed by atoms with E-state index in [9.17, 15) is 0 Å².